The average molecular weight is 258 g/mol. The molecule has 2 aliphatic rings. The van der Waals surface area contributed by atoms with Crippen LogP contribution in [-0.2, 0) is 0 Å². The number of hydrazine groups is 1. The first-order valence-electron chi connectivity index (χ1n) is 6.79. The third kappa shape index (κ3) is 1.62. The van der Waals surface area contributed by atoms with E-state index in [2.05, 4.69) is 35.1 Å². The summed E-state index contributed by atoms with van der Waals surface area (Å²) in [5.41, 5.74) is 4.49. The van der Waals surface area contributed by atoms with Gasteiger partial charge < -0.3 is 0 Å². The highest BCUT2D eigenvalue weighted by Gasteiger charge is 2.48. The van der Waals surface area contributed by atoms with E-state index in [1.54, 1.807) is 0 Å². The largest absolute Gasteiger partial charge is 0.271 e. The van der Waals surface area contributed by atoms with Gasteiger partial charge in [0.2, 0.25) is 0 Å². The summed E-state index contributed by atoms with van der Waals surface area (Å²) in [5.74, 6) is 8.60. The van der Waals surface area contributed by atoms with Gasteiger partial charge in [-0.25, -0.2) is 0 Å². The van der Waals surface area contributed by atoms with Gasteiger partial charge in [0, 0.05) is 4.70 Å². The lowest BCUT2D eigenvalue weighted by Gasteiger charge is -2.25. The third-order valence-electron chi connectivity index (χ3n) is 4.78. The van der Waals surface area contributed by atoms with Gasteiger partial charge in [0.1, 0.15) is 0 Å². The van der Waals surface area contributed by atoms with Crippen molar-refractivity contribution in [2.45, 2.75) is 25.3 Å². The molecule has 0 aliphatic heterocycles. The van der Waals surface area contributed by atoms with Crippen LogP contribution in [0.15, 0.2) is 29.6 Å². The first kappa shape index (κ1) is 11.0. The number of hydrogen-bond donors (Lipinski definition) is 2. The average Bonchev–Trinajstić information content (AvgIpc) is 2.81. The molecule has 0 saturated heterocycles. The second-order valence-electron chi connectivity index (χ2n) is 5.82. The highest BCUT2D eigenvalue weighted by molar-refractivity contribution is 7.17. The van der Waals surface area contributed by atoms with E-state index in [9.17, 15) is 0 Å². The Kier molecular flexibility index (Phi) is 2.47. The van der Waals surface area contributed by atoms with Gasteiger partial charge in [-0.1, -0.05) is 18.2 Å². The smallest absolute Gasteiger partial charge is 0.0502 e. The summed E-state index contributed by atoms with van der Waals surface area (Å²) >= 11 is 1.83. The van der Waals surface area contributed by atoms with Crippen LogP contribution in [0.3, 0.4) is 0 Å². The van der Waals surface area contributed by atoms with Crippen LogP contribution in [-0.4, -0.2) is 0 Å². The molecular weight excluding hydrogens is 240 g/mol. The molecule has 0 amide bonds. The second kappa shape index (κ2) is 4.05. The lowest BCUT2D eigenvalue weighted by molar-refractivity contribution is 0.348. The molecule has 2 nitrogen and oxygen atoms in total. The van der Waals surface area contributed by atoms with E-state index in [0.29, 0.717) is 6.04 Å². The van der Waals surface area contributed by atoms with Crippen LogP contribution in [0.1, 0.15) is 30.9 Å². The molecule has 0 spiro atoms. The molecule has 1 heterocycles. The number of rotatable bonds is 3. The van der Waals surface area contributed by atoms with E-state index >= 15 is 0 Å². The number of nitrogens with one attached hydrogen (secondary N) is 1. The monoisotopic (exact) mass is 258 g/mol. The lowest BCUT2D eigenvalue weighted by Crippen LogP contribution is -2.33. The van der Waals surface area contributed by atoms with Gasteiger partial charge in [-0.3, -0.25) is 11.3 Å². The Labute approximate surface area is 111 Å². The summed E-state index contributed by atoms with van der Waals surface area (Å²) in [7, 11) is 0. The molecule has 3 N–H and O–H groups in total. The Morgan fingerprint density at radius 1 is 1.17 bits per heavy atom. The van der Waals surface area contributed by atoms with Crippen molar-refractivity contribution in [1.82, 2.24) is 5.43 Å². The fourth-order valence-corrected chi connectivity index (χ4v) is 4.73. The summed E-state index contributed by atoms with van der Waals surface area (Å²) < 4.78 is 1.40. The highest BCUT2D eigenvalue weighted by Crippen LogP contribution is 2.57. The minimum Gasteiger partial charge on any atom is -0.271 e. The van der Waals surface area contributed by atoms with Gasteiger partial charge in [0.15, 0.2) is 0 Å². The molecule has 1 aromatic heterocycles. The molecule has 2 aromatic rings. The van der Waals surface area contributed by atoms with Crippen LogP contribution < -0.4 is 11.3 Å². The SMILES string of the molecule is NNC(c1cccc2ccsc12)C1CC2CC2C1. The van der Waals surface area contributed by atoms with Crippen LogP contribution >= 0.6 is 11.3 Å². The molecule has 4 rings (SSSR count). The first-order chi connectivity index (χ1) is 8.86. The minimum atomic E-state index is 0.333. The van der Waals surface area contributed by atoms with Crippen molar-refractivity contribution >= 4 is 21.4 Å². The molecule has 3 heteroatoms. The predicted octanol–water partition coefficient (Wildman–Crippen LogP) is 3.45. The van der Waals surface area contributed by atoms with Gasteiger partial charge >= 0.3 is 0 Å². The standard InChI is InChI=1S/C15H18N2S/c16-17-14(12-7-10-6-11(10)8-12)13-3-1-2-9-4-5-18-15(9)13/h1-5,10-12,14,17H,6-8,16H2. The van der Waals surface area contributed by atoms with E-state index in [0.717, 1.165) is 17.8 Å². The van der Waals surface area contributed by atoms with E-state index in [4.69, 9.17) is 5.84 Å². The van der Waals surface area contributed by atoms with Crippen LogP contribution in [0.25, 0.3) is 10.1 Å². The van der Waals surface area contributed by atoms with Gasteiger partial charge in [0.05, 0.1) is 6.04 Å². The summed E-state index contributed by atoms with van der Waals surface area (Å²) in [4.78, 5) is 0. The Balaban J connectivity index is 1.72. The van der Waals surface area contributed by atoms with Gasteiger partial charge in [0.25, 0.3) is 0 Å². The van der Waals surface area contributed by atoms with E-state index in [1.807, 2.05) is 11.3 Å². The van der Waals surface area contributed by atoms with E-state index in [1.165, 1.54) is 34.9 Å². The Bertz CT molecular complexity index is 567. The molecule has 94 valence electrons. The van der Waals surface area contributed by atoms with Crippen molar-refractivity contribution in [3.8, 4) is 0 Å². The fraction of sp³-hybridized carbons (Fsp3) is 0.467. The zero-order valence-electron chi connectivity index (χ0n) is 10.3. The summed E-state index contributed by atoms with van der Waals surface area (Å²) in [5, 5.41) is 3.52. The van der Waals surface area contributed by atoms with Crippen molar-refractivity contribution in [3.63, 3.8) is 0 Å². The predicted molar refractivity (Wildman–Crippen MR) is 76.2 cm³/mol. The zero-order chi connectivity index (χ0) is 12.1. The van der Waals surface area contributed by atoms with Gasteiger partial charge in [-0.05, 0) is 59.4 Å². The molecule has 2 fully saturated rings. The summed E-state index contributed by atoms with van der Waals surface area (Å²) in [6, 6.07) is 9.12. The van der Waals surface area contributed by atoms with Crippen molar-refractivity contribution < 1.29 is 0 Å². The van der Waals surface area contributed by atoms with Gasteiger partial charge in [-0.2, -0.15) is 0 Å². The maximum atomic E-state index is 5.86. The molecule has 18 heavy (non-hydrogen) atoms. The Morgan fingerprint density at radius 3 is 2.78 bits per heavy atom. The van der Waals surface area contributed by atoms with Crippen molar-refractivity contribution in [3.05, 3.63) is 35.2 Å². The normalized spacial score (nSPS) is 31.5. The number of fused-ring (bicyclic) bond motifs is 2. The third-order valence-corrected chi connectivity index (χ3v) is 5.75. The van der Waals surface area contributed by atoms with Gasteiger partial charge in [-0.15, -0.1) is 11.3 Å². The van der Waals surface area contributed by atoms with E-state index < -0.39 is 0 Å². The quantitative estimate of drug-likeness (QED) is 0.653. The Morgan fingerprint density at radius 2 is 2.00 bits per heavy atom. The molecule has 0 bridgehead atoms. The van der Waals surface area contributed by atoms with Crippen LogP contribution in [0, 0.1) is 17.8 Å². The second-order valence-corrected chi connectivity index (χ2v) is 6.73. The summed E-state index contributed by atoms with van der Waals surface area (Å²) in [6.07, 6.45) is 4.19. The van der Waals surface area contributed by atoms with E-state index in [-0.39, 0.29) is 0 Å². The molecule has 2 saturated carbocycles. The highest BCUT2D eigenvalue weighted by atomic mass is 32.1. The number of hydrogen-bond acceptors (Lipinski definition) is 3. The lowest BCUT2D eigenvalue weighted by atomic mass is 9.89. The maximum absolute atomic E-state index is 5.86. The fourth-order valence-electron chi connectivity index (χ4n) is 3.77. The number of nitrogens with two attached hydrogens (primary N) is 1. The minimum absolute atomic E-state index is 0.333. The molecular formula is C15H18N2S. The molecule has 3 unspecified atom stereocenters. The van der Waals surface area contributed by atoms with Crippen molar-refractivity contribution in [2.75, 3.05) is 0 Å². The molecule has 3 atom stereocenters. The number of thiophene rings is 1. The van der Waals surface area contributed by atoms with Crippen LogP contribution in [0.2, 0.25) is 0 Å². The first-order valence-corrected chi connectivity index (χ1v) is 7.67. The topological polar surface area (TPSA) is 38.0 Å². The summed E-state index contributed by atoms with van der Waals surface area (Å²) in [6.45, 7) is 0. The molecule has 2 aliphatic carbocycles. The van der Waals surface area contributed by atoms with Crippen LogP contribution in [0.5, 0.6) is 0 Å². The molecule has 1 aromatic carbocycles. The molecule has 0 radical (unpaired) electrons. The number of benzene rings is 1. The van der Waals surface area contributed by atoms with Crippen molar-refractivity contribution in [2.24, 2.45) is 23.6 Å². The zero-order valence-corrected chi connectivity index (χ0v) is 11.1. The maximum Gasteiger partial charge on any atom is 0.0502 e. The van der Waals surface area contributed by atoms with Crippen molar-refractivity contribution in [1.29, 1.82) is 0 Å². The van der Waals surface area contributed by atoms with Crippen LogP contribution in [0.4, 0.5) is 0 Å². The Hall–Kier alpha value is -0.900.